The second kappa shape index (κ2) is 7.49. The highest BCUT2D eigenvalue weighted by Crippen LogP contribution is 2.15. The minimum atomic E-state index is -0.463. The molecule has 0 saturated heterocycles. The molecule has 0 unspecified atom stereocenters. The predicted molar refractivity (Wildman–Crippen MR) is 97.0 cm³/mol. The van der Waals surface area contributed by atoms with Crippen molar-refractivity contribution < 1.29 is 13.9 Å². The fourth-order valence-electron chi connectivity index (χ4n) is 3.12. The molecule has 27 heavy (non-hydrogen) atoms. The highest BCUT2D eigenvalue weighted by molar-refractivity contribution is 5.68. The minimum absolute atomic E-state index is 0.0699. The van der Waals surface area contributed by atoms with Gasteiger partial charge in [0, 0.05) is 13.0 Å². The summed E-state index contributed by atoms with van der Waals surface area (Å²) in [6.45, 7) is 1.19. The van der Waals surface area contributed by atoms with Crippen LogP contribution in [0.2, 0.25) is 0 Å². The smallest absolute Gasteiger partial charge is 0.410 e. The Hall–Kier alpha value is -3.35. The van der Waals surface area contributed by atoms with Crippen molar-refractivity contribution in [1.82, 2.24) is 14.5 Å². The normalized spacial score (nSPS) is 13.3. The van der Waals surface area contributed by atoms with Crippen molar-refractivity contribution in [3.05, 3.63) is 88.0 Å². The van der Waals surface area contributed by atoms with E-state index in [1.165, 1.54) is 11.2 Å². The van der Waals surface area contributed by atoms with Crippen molar-refractivity contribution in [2.24, 2.45) is 0 Å². The monoisotopic (exact) mass is 365 g/mol. The van der Waals surface area contributed by atoms with Crippen molar-refractivity contribution in [3.8, 4) is 0 Å². The lowest BCUT2D eigenvalue weighted by Crippen LogP contribution is -2.41. The van der Waals surface area contributed by atoms with Crippen LogP contribution >= 0.6 is 0 Å². The Morgan fingerprint density at radius 3 is 2.81 bits per heavy atom. The quantitative estimate of drug-likeness (QED) is 0.710. The van der Waals surface area contributed by atoms with Gasteiger partial charge in [-0.25, -0.2) is 9.78 Å². The van der Waals surface area contributed by atoms with Gasteiger partial charge in [0.25, 0.3) is 5.56 Å². The van der Waals surface area contributed by atoms with Crippen LogP contribution in [-0.4, -0.2) is 27.1 Å². The molecule has 0 aliphatic carbocycles. The van der Waals surface area contributed by atoms with Crippen molar-refractivity contribution in [3.63, 3.8) is 0 Å². The molecule has 0 N–H and O–H groups in total. The van der Waals surface area contributed by atoms with Crippen LogP contribution in [-0.2, 0) is 30.9 Å². The van der Waals surface area contributed by atoms with Gasteiger partial charge in [-0.15, -0.1) is 0 Å². The maximum absolute atomic E-state index is 12.9. The predicted octanol–water partition coefficient (Wildman–Crippen LogP) is 2.58. The Labute approximate surface area is 155 Å². The molecule has 1 amide bonds. The summed E-state index contributed by atoms with van der Waals surface area (Å²) in [4.78, 5) is 31.1. The van der Waals surface area contributed by atoms with E-state index in [9.17, 15) is 9.59 Å². The van der Waals surface area contributed by atoms with Gasteiger partial charge in [-0.2, -0.15) is 0 Å². The maximum atomic E-state index is 12.9. The summed E-state index contributed by atoms with van der Waals surface area (Å²) in [7, 11) is 0. The summed E-state index contributed by atoms with van der Waals surface area (Å²) >= 11 is 0. The summed E-state index contributed by atoms with van der Waals surface area (Å²) in [6.07, 6.45) is 3.18. The largest absolute Gasteiger partial charge is 0.466 e. The van der Waals surface area contributed by atoms with Crippen LogP contribution in [0.3, 0.4) is 0 Å². The molecule has 0 saturated carbocycles. The van der Waals surface area contributed by atoms with Gasteiger partial charge >= 0.3 is 6.09 Å². The third kappa shape index (κ3) is 3.76. The van der Waals surface area contributed by atoms with E-state index in [1.807, 2.05) is 30.3 Å². The van der Waals surface area contributed by atoms with Crippen LogP contribution in [0.15, 0.2) is 64.3 Å². The molecular formula is C20H19N3O4. The first kappa shape index (κ1) is 17.1. The standard InChI is InChI=1S/C20H19N3O4/c24-19-17-12-22(20(25)27-13-16-7-4-10-26-16)9-8-18(17)21-14-23(19)11-15-5-2-1-3-6-15/h1-7,10,14H,8-9,11-13H2. The van der Waals surface area contributed by atoms with E-state index in [4.69, 9.17) is 9.15 Å². The van der Waals surface area contributed by atoms with Gasteiger partial charge in [-0.3, -0.25) is 9.36 Å². The molecule has 0 atom stereocenters. The first-order valence-corrected chi connectivity index (χ1v) is 8.76. The van der Waals surface area contributed by atoms with Crippen LogP contribution in [0, 0.1) is 0 Å². The molecule has 0 bridgehead atoms. The average molecular weight is 365 g/mol. The Morgan fingerprint density at radius 2 is 2.04 bits per heavy atom. The zero-order chi connectivity index (χ0) is 18.6. The molecule has 0 fully saturated rings. The van der Waals surface area contributed by atoms with Crippen LogP contribution < -0.4 is 5.56 Å². The lowest BCUT2D eigenvalue weighted by Gasteiger charge is -2.27. The molecule has 1 aliphatic rings. The number of hydrogen-bond donors (Lipinski definition) is 0. The fraction of sp³-hybridized carbons (Fsp3) is 0.250. The molecule has 3 heterocycles. The number of carbonyl (C=O) groups excluding carboxylic acids is 1. The summed E-state index contributed by atoms with van der Waals surface area (Å²) in [5.74, 6) is 0.577. The molecule has 3 aromatic rings. The molecule has 138 valence electrons. The number of aromatic nitrogens is 2. The number of carbonyl (C=O) groups is 1. The first-order valence-electron chi connectivity index (χ1n) is 8.76. The Morgan fingerprint density at radius 1 is 1.19 bits per heavy atom. The lowest BCUT2D eigenvalue weighted by atomic mass is 10.1. The zero-order valence-corrected chi connectivity index (χ0v) is 14.7. The number of benzene rings is 1. The summed E-state index contributed by atoms with van der Waals surface area (Å²) in [5, 5.41) is 0. The summed E-state index contributed by atoms with van der Waals surface area (Å²) in [5.41, 5.74) is 2.20. The van der Waals surface area contributed by atoms with E-state index >= 15 is 0 Å². The van der Waals surface area contributed by atoms with E-state index < -0.39 is 6.09 Å². The highest BCUT2D eigenvalue weighted by Gasteiger charge is 2.25. The molecule has 1 aromatic carbocycles. The third-order valence-corrected chi connectivity index (χ3v) is 4.56. The topological polar surface area (TPSA) is 77.6 Å². The second-order valence-corrected chi connectivity index (χ2v) is 6.39. The first-order chi connectivity index (χ1) is 13.2. The van der Waals surface area contributed by atoms with Crippen LogP contribution in [0.5, 0.6) is 0 Å². The van der Waals surface area contributed by atoms with E-state index in [0.717, 1.165) is 11.3 Å². The fourth-order valence-corrected chi connectivity index (χ4v) is 3.12. The Balaban J connectivity index is 1.48. The summed E-state index contributed by atoms with van der Waals surface area (Å²) in [6, 6.07) is 13.2. The molecule has 1 aliphatic heterocycles. The highest BCUT2D eigenvalue weighted by atomic mass is 16.6. The number of furan rings is 1. The van der Waals surface area contributed by atoms with E-state index in [-0.39, 0.29) is 18.7 Å². The number of ether oxygens (including phenoxy) is 1. The van der Waals surface area contributed by atoms with Gasteiger partial charge in [-0.05, 0) is 17.7 Å². The second-order valence-electron chi connectivity index (χ2n) is 6.39. The zero-order valence-electron chi connectivity index (χ0n) is 14.7. The Bertz CT molecular complexity index is 980. The number of nitrogens with zero attached hydrogens (tertiary/aromatic N) is 3. The number of hydrogen-bond acceptors (Lipinski definition) is 5. The van der Waals surface area contributed by atoms with Gasteiger partial charge in [-0.1, -0.05) is 30.3 Å². The molecule has 2 aromatic heterocycles. The molecule has 7 nitrogen and oxygen atoms in total. The van der Waals surface area contributed by atoms with Gasteiger partial charge in [0.2, 0.25) is 0 Å². The summed E-state index contributed by atoms with van der Waals surface area (Å²) < 4.78 is 12.0. The molecule has 4 rings (SSSR count). The molecule has 0 spiro atoms. The van der Waals surface area contributed by atoms with E-state index in [2.05, 4.69) is 4.98 Å². The van der Waals surface area contributed by atoms with Crippen molar-refractivity contribution in [2.75, 3.05) is 6.54 Å². The maximum Gasteiger partial charge on any atom is 0.410 e. The number of amides is 1. The van der Waals surface area contributed by atoms with Crippen LogP contribution in [0.25, 0.3) is 0 Å². The number of rotatable bonds is 4. The van der Waals surface area contributed by atoms with E-state index in [0.29, 0.717) is 30.8 Å². The minimum Gasteiger partial charge on any atom is -0.466 e. The van der Waals surface area contributed by atoms with Crippen LogP contribution in [0.1, 0.15) is 22.6 Å². The molecular weight excluding hydrogens is 346 g/mol. The number of fused-ring (bicyclic) bond motifs is 1. The lowest BCUT2D eigenvalue weighted by molar-refractivity contribution is 0.0853. The van der Waals surface area contributed by atoms with Gasteiger partial charge in [0.05, 0.1) is 36.9 Å². The van der Waals surface area contributed by atoms with Crippen molar-refractivity contribution in [2.45, 2.75) is 26.1 Å². The third-order valence-electron chi connectivity index (χ3n) is 4.56. The van der Waals surface area contributed by atoms with Crippen LogP contribution in [0.4, 0.5) is 4.79 Å². The van der Waals surface area contributed by atoms with Crippen molar-refractivity contribution >= 4 is 6.09 Å². The van der Waals surface area contributed by atoms with Gasteiger partial charge in [0.1, 0.15) is 5.76 Å². The van der Waals surface area contributed by atoms with E-state index in [1.54, 1.807) is 23.0 Å². The molecule has 0 radical (unpaired) electrons. The van der Waals surface area contributed by atoms with Gasteiger partial charge in [0.15, 0.2) is 6.61 Å². The SMILES string of the molecule is O=C(OCc1ccco1)N1CCc2ncn(Cc3ccccc3)c(=O)c2C1. The molecule has 7 heteroatoms. The Kier molecular flexibility index (Phi) is 4.74. The average Bonchev–Trinajstić information content (AvgIpc) is 3.22. The van der Waals surface area contributed by atoms with Gasteiger partial charge < -0.3 is 14.1 Å². The van der Waals surface area contributed by atoms with Crippen molar-refractivity contribution in [1.29, 1.82) is 0 Å².